The molecule has 1 aliphatic heterocycles. The fourth-order valence-corrected chi connectivity index (χ4v) is 4.38. The number of benzene rings is 2. The highest BCUT2D eigenvalue weighted by atomic mass is 35.5. The zero-order valence-corrected chi connectivity index (χ0v) is 20.2. The number of nitrogens with one attached hydrogen (secondary N) is 1. The monoisotopic (exact) mass is 497 g/mol. The predicted octanol–water partition coefficient (Wildman–Crippen LogP) is 3.95. The molecule has 0 saturated heterocycles. The molecule has 184 valence electrons. The minimum atomic E-state index is -0.382. The Morgan fingerprint density at radius 3 is 2.83 bits per heavy atom. The fourth-order valence-electron chi connectivity index (χ4n) is 4.21. The van der Waals surface area contributed by atoms with Crippen LogP contribution < -0.4 is 10.5 Å². The van der Waals surface area contributed by atoms with E-state index in [1.54, 1.807) is 12.0 Å². The van der Waals surface area contributed by atoms with Crippen LogP contribution in [0.15, 0.2) is 52.4 Å². The molecule has 1 amide bonds. The Kier molecular flexibility index (Phi) is 8.23. The molecule has 0 saturated carbocycles. The lowest BCUT2D eigenvalue weighted by molar-refractivity contribution is 0.0629. The average Bonchev–Trinajstić information content (AvgIpc) is 3.24. The number of aromatic amines is 1. The first-order valence-electron chi connectivity index (χ1n) is 11.3. The van der Waals surface area contributed by atoms with Crippen molar-refractivity contribution < 1.29 is 19.0 Å². The highest BCUT2D eigenvalue weighted by Crippen LogP contribution is 2.39. The van der Waals surface area contributed by atoms with Crippen LogP contribution in [0.1, 0.15) is 22.9 Å². The summed E-state index contributed by atoms with van der Waals surface area (Å²) >= 11 is 6.27. The molecule has 4 rings (SSSR count). The third kappa shape index (κ3) is 5.75. The summed E-state index contributed by atoms with van der Waals surface area (Å²) in [5.74, 6) is 0.708. The van der Waals surface area contributed by atoms with Crippen LogP contribution in [-0.4, -0.2) is 68.7 Å². The Bertz CT molecular complexity index is 1210. The number of amides is 1. The van der Waals surface area contributed by atoms with Gasteiger partial charge in [0.25, 0.3) is 0 Å². The summed E-state index contributed by atoms with van der Waals surface area (Å²) in [6.07, 6.45) is 2.88. The molecule has 10 heteroatoms. The van der Waals surface area contributed by atoms with Gasteiger partial charge in [0, 0.05) is 35.3 Å². The SMILES string of the molecule is COCCOC(=O)N1CCc2c([nH]c3ccc(Cl)cc23)C1c1ccc(OCCN=CN=CN)cc1. The highest BCUT2D eigenvalue weighted by molar-refractivity contribution is 6.31. The zero-order valence-electron chi connectivity index (χ0n) is 19.4. The predicted molar refractivity (Wildman–Crippen MR) is 137 cm³/mol. The molecule has 0 aliphatic carbocycles. The zero-order chi connectivity index (χ0) is 24.6. The number of hydrogen-bond acceptors (Lipinski definition) is 5. The normalized spacial score (nSPS) is 15.7. The van der Waals surface area contributed by atoms with E-state index in [-0.39, 0.29) is 18.7 Å². The minimum absolute atomic E-state index is 0.194. The number of nitrogens with two attached hydrogens (primary N) is 1. The van der Waals surface area contributed by atoms with Crippen LogP contribution in [0, 0.1) is 0 Å². The van der Waals surface area contributed by atoms with Crippen molar-refractivity contribution in [1.82, 2.24) is 9.88 Å². The number of halogens is 1. The van der Waals surface area contributed by atoms with Gasteiger partial charge >= 0.3 is 6.09 Å². The summed E-state index contributed by atoms with van der Waals surface area (Å²) in [6, 6.07) is 13.2. The van der Waals surface area contributed by atoms with Gasteiger partial charge in [-0.1, -0.05) is 23.7 Å². The summed E-state index contributed by atoms with van der Waals surface area (Å²) in [5, 5.41) is 1.75. The second-order valence-corrected chi connectivity index (χ2v) is 8.33. The van der Waals surface area contributed by atoms with Crippen LogP contribution >= 0.6 is 11.6 Å². The second kappa shape index (κ2) is 11.7. The Morgan fingerprint density at radius 2 is 2.06 bits per heavy atom. The van der Waals surface area contributed by atoms with Crippen molar-refractivity contribution >= 4 is 41.3 Å². The smallest absolute Gasteiger partial charge is 0.410 e. The van der Waals surface area contributed by atoms with Gasteiger partial charge in [0.15, 0.2) is 0 Å². The van der Waals surface area contributed by atoms with E-state index in [1.165, 1.54) is 12.7 Å². The fraction of sp³-hybridized carbons (Fsp3) is 0.320. The van der Waals surface area contributed by atoms with Gasteiger partial charge in [-0.05, 0) is 47.9 Å². The molecule has 0 radical (unpaired) electrons. The summed E-state index contributed by atoms with van der Waals surface area (Å²) < 4.78 is 16.3. The number of aromatic nitrogens is 1. The lowest BCUT2D eigenvalue weighted by atomic mass is 9.92. The van der Waals surface area contributed by atoms with E-state index in [2.05, 4.69) is 15.0 Å². The largest absolute Gasteiger partial charge is 0.492 e. The first-order chi connectivity index (χ1) is 17.1. The molecule has 2 aromatic carbocycles. The third-order valence-corrected chi connectivity index (χ3v) is 5.99. The maximum absolute atomic E-state index is 13.0. The van der Waals surface area contributed by atoms with Crippen LogP contribution in [0.5, 0.6) is 5.75 Å². The van der Waals surface area contributed by atoms with Crippen LogP contribution in [0.4, 0.5) is 4.79 Å². The summed E-state index contributed by atoms with van der Waals surface area (Å²) in [5.41, 5.74) is 9.21. The number of nitrogens with zero attached hydrogens (tertiary/aromatic N) is 3. The van der Waals surface area contributed by atoms with Crippen LogP contribution in [0.25, 0.3) is 10.9 Å². The summed E-state index contributed by atoms with van der Waals surface area (Å²) in [4.78, 5) is 26.1. The lowest BCUT2D eigenvalue weighted by Gasteiger charge is -2.35. The summed E-state index contributed by atoms with van der Waals surface area (Å²) in [7, 11) is 1.57. The molecule has 1 aliphatic rings. The minimum Gasteiger partial charge on any atom is -0.492 e. The number of H-pyrrole nitrogens is 1. The summed E-state index contributed by atoms with van der Waals surface area (Å²) in [6.45, 7) is 1.92. The average molecular weight is 498 g/mol. The van der Waals surface area contributed by atoms with Gasteiger partial charge in [-0.25, -0.2) is 9.79 Å². The number of hydrogen-bond donors (Lipinski definition) is 2. The third-order valence-electron chi connectivity index (χ3n) is 5.76. The maximum atomic E-state index is 13.0. The van der Waals surface area contributed by atoms with Crippen molar-refractivity contribution in [3.8, 4) is 5.75 Å². The first kappa shape index (κ1) is 24.6. The molecule has 2 heterocycles. The van der Waals surface area contributed by atoms with Gasteiger partial charge in [-0.15, -0.1) is 0 Å². The number of fused-ring (bicyclic) bond motifs is 3. The van der Waals surface area contributed by atoms with Gasteiger partial charge in [0.1, 0.15) is 31.3 Å². The number of ether oxygens (including phenoxy) is 3. The Morgan fingerprint density at radius 1 is 1.23 bits per heavy atom. The van der Waals surface area contributed by atoms with Crippen molar-refractivity contribution in [2.24, 2.45) is 15.7 Å². The van der Waals surface area contributed by atoms with Gasteiger partial charge < -0.3 is 24.9 Å². The number of carbonyl (C=O) groups is 1. The van der Waals surface area contributed by atoms with E-state index >= 15 is 0 Å². The Balaban J connectivity index is 1.59. The van der Waals surface area contributed by atoms with E-state index in [0.717, 1.165) is 27.7 Å². The van der Waals surface area contributed by atoms with Crippen molar-refractivity contribution in [1.29, 1.82) is 0 Å². The molecule has 35 heavy (non-hydrogen) atoms. The molecular weight excluding hydrogens is 470 g/mol. The molecule has 0 bridgehead atoms. The van der Waals surface area contributed by atoms with E-state index in [9.17, 15) is 4.79 Å². The molecule has 1 aromatic heterocycles. The van der Waals surface area contributed by atoms with Crippen LogP contribution in [0.2, 0.25) is 5.02 Å². The first-order valence-corrected chi connectivity index (χ1v) is 11.7. The van der Waals surface area contributed by atoms with E-state index < -0.39 is 0 Å². The van der Waals surface area contributed by atoms with Crippen molar-refractivity contribution in [3.05, 3.63) is 64.3 Å². The molecule has 3 aromatic rings. The molecule has 9 nitrogen and oxygen atoms in total. The van der Waals surface area contributed by atoms with Crippen molar-refractivity contribution in [2.75, 3.05) is 40.0 Å². The van der Waals surface area contributed by atoms with Gasteiger partial charge in [-0.2, -0.15) is 0 Å². The van der Waals surface area contributed by atoms with Gasteiger partial charge in [0.2, 0.25) is 0 Å². The number of carbonyl (C=O) groups excluding carboxylic acids is 1. The topological polar surface area (TPSA) is 115 Å². The van der Waals surface area contributed by atoms with Gasteiger partial charge in [0.05, 0.1) is 19.5 Å². The lowest BCUT2D eigenvalue weighted by Crippen LogP contribution is -2.41. The van der Waals surface area contributed by atoms with E-state index in [0.29, 0.717) is 43.5 Å². The van der Waals surface area contributed by atoms with Crippen LogP contribution in [-0.2, 0) is 15.9 Å². The molecule has 3 N–H and O–H groups in total. The molecule has 1 unspecified atom stereocenters. The molecule has 0 spiro atoms. The number of methoxy groups -OCH3 is 1. The van der Waals surface area contributed by atoms with E-state index in [1.807, 2.05) is 42.5 Å². The standard InChI is InChI=1S/C25H28ClN5O4/c1-33-12-13-35-25(32)31-10-8-20-21-14-18(26)4-7-22(21)30-23(20)24(31)17-2-5-19(6-3-17)34-11-9-28-16-29-15-27/h2-7,14-16,24,30H,8-13H2,1H3,(H2,27,28,29). The number of aliphatic imine (C=N–C) groups is 2. The molecule has 1 atom stereocenters. The highest BCUT2D eigenvalue weighted by Gasteiger charge is 2.35. The Hall–Kier alpha value is -3.56. The molecular formula is C25H28ClN5O4. The molecule has 0 fully saturated rings. The van der Waals surface area contributed by atoms with Crippen molar-refractivity contribution in [3.63, 3.8) is 0 Å². The van der Waals surface area contributed by atoms with Gasteiger partial charge in [-0.3, -0.25) is 9.89 Å². The van der Waals surface area contributed by atoms with E-state index in [4.69, 9.17) is 31.5 Å². The van der Waals surface area contributed by atoms with Crippen LogP contribution in [0.3, 0.4) is 0 Å². The quantitative estimate of drug-likeness (QED) is 0.264. The van der Waals surface area contributed by atoms with Crippen molar-refractivity contribution in [2.45, 2.75) is 12.5 Å². The second-order valence-electron chi connectivity index (χ2n) is 7.90. The Labute approximate surface area is 208 Å². The maximum Gasteiger partial charge on any atom is 0.410 e. The number of rotatable bonds is 9.